The molecule has 1 spiro atoms. The summed E-state index contributed by atoms with van der Waals surface area (Å²) in [7, 11) is 4.83. The molecule has 1 aliphatic carbocycles. The minimum Gasteiger partial charge on any atom is -0.497 e. The van der Waals surface area contributed by atoms with Gasteiger partial charge in [0.25, 0.3) is 0 Å². The van der Waals surface area contributed by atoms with Crippen molar-refractivity contribution in [1.29, 1.82) is 0 Å². The van der Waals surface area contributed by atoms with E-state index in [0.717, 1.165) is 50.4 Å². The van der Waals surface area contributed by atoms with Gasteiger partial charge in [-0.1, -0.05) is 0 Å². The van der Waals surface area contributed by atoms with Crippen LogP contribution in [0, 0.1) is 11.3 Å². The van der Waals surface area contributed by atoms with Gasteiger partial charge in [0.1, 0.15) is 11.5 Å². The molecule has 0 aromatic heterocycles. The van der Waals surface area contributed by atoms with Gasteiger partial charge in [0, 0.05) is 12.6 Å². The SMILES string of the molecule is COC(=O)C1CC12CCN(Cc1cc(OC)cc(OC)c1)CC2. The van der Waals surface area contributed by atoms with Gasteiger partial charge in [0.05, 0.1) is 27.2 Å². The van der Waals surface area contributed by atoms with Crippen LogP contribution >= 0.6 is 0 Å². The molecule has 3 rings (SSSR count). The van der Waals surface area contributed by atoms with Crippen molar-refractivity contribution >= 4 is 5.97 Å². The third-order valence-electron chi connectivity index (χ3n) is 5.34. The van der Waals surface area contributed by atoms with Crippen molar-refractivity contribution < 1.29 is 19.0 Å². The standard InChI is InChI=1S/C18H25NO4/c1-21-14-8-13(9-15(10-14)22-2)12-19-6-4-18(5-7-19)11-16(18)17(20)23-3/h8-10,16H,4-7,11-12H2,1-3H3. The second kappa shape index (κ2) is 6.40. The molecule has 0 amide bonds. The summed E-state index contributed by atoms with van der Waals surface area (Å²) >= 11 is 0. The van der Waals surface area contributed by atoms with Crippen LogP contribution in [0.3, 0.4) is 0 Å². The maximum absolute atomic E-state index is 11.7. The highest BCUT2D eigenvalue weighted by Crippen LogP contribution is 2.59. The molecule has 0 N–H and O–H groups in total. The van der Waals surface area contributed by atoms with Crippen molar-refractivity contribution in [2.45, 2.75) is 25.8 Å². The molecule has 1 aromatic rings. The van der Waals surface area contributed by atoms with E-state index in [9.17, 15) is 4.79 Å². The van der Waals surface area contributed by atoms with Crippen molar-refractivity contribution in [2.24, 2.45) is 11.3 Å². The minimum absolute atomic E-state index is 0.0315. The summed E-state index contributed by atoms with van der Waals surface area (Å²) in [5.74, 6) is 1.74. The van der Waals surface area contributed by atoms with Gasteiger partial charge in [-0.2, -0.15) is 0 Å². The highest BCUT2D eigenvalue weighted by atomic mass is 16.5. The highest BCUT2D eigenvalue weighted by molar-refractivity contribution is 5.76. The van der Waals surface area contributed by atoms with Crippen molar-refractivity contribution in [3.63, 3.8) is 0 Å². The summed E-state index contributed by atoms with van der Waals surface area (Å²) in [5, 5.41) is 0. The molecule has 1 heterocycles. The predicted molar refractivity (Wildman–Crippen MR) is 86.6 cm³/mol. The average Bonchev–Trinajstić information content (AvgIpc) is 3.29. The van der Waals surface area contributed by atoms with E-state index in [1.165, 1.54) is 12.7 Å². The number of hydrogen-bond acceptors (Lipinski definition) is 5. The Balaban J connectivity index is 1.58. The zero-order valence-electron chi connectivity index (χ0n) is 14.1. The number of piperidine rings is 1. The second-order valence-corrected chi connectivity index (χ2v) is 6.64. The summed E-state index contributed by atoms with van der Waals surface area (Å²) in [5.41, 5.74) is 1.41. The van der Waals surface area contributed by atoms with Crippen LogP contribution in [0.15, 0.2) is 18.2 Å². The Kier molecular flexibility index (Phi) is 4.48. The van der Waals surface area contributed by atoms with E-state index in [4.69, 9.17) is 14.2 Å². The number of methoxy groups -OCH3 is 3. The minimum atomic E-state index is -0.0315. The number of rotatable bonds is 5. The van der Waals surface area contributed by atoms with Crippen LogP contribution in [-0.4, -0.2) is 45.3 Å². The summed E-state index contributed by atoms with van der Waals surface area (Å²) in [4.78, 5) is 14.1. The molecule has 1 atom stereocenters. The molecular weight excluding hydrogens is 294 g/mol. The summed E-state index contributed by atoms with van der Waals surface area (Å²) < 4.78 is 15.6. The van der Waals surface area contributed by atoms with Gasteiger partial charge < -0.3 is 14.2 Å². The monoisotopic (exact) mass is 319 g/mol. The fourth-order valence-electron chi connectivity index (χ4n) is 3.75. The third-order valence-corrected chi connectivity index (χ3v) is 5.34. The zero-order valence-corrected chi connectivity index (χ0v) is 14.1. The van der Waals surface area contributed by atoms with Gasteiger partial charge in [-0.05, 0) is 55.5 Å². The maximum Gasteiger partial charge on any atom is 0.309 e. The molecule has 2 fully saturated rings. The molecule has 1 aliphatic heterocycles. The van der Waals surface area contributed by atoms with Gasteiger partial charge in [-0.3, -0.25) is 9.69 Å². The molecule has 2 aliphatic rings. The lowest BCUT2D eigenvalue weighted by molar-refractivity contribution is -0.143. The Bertz CT molecular complexity index is 556. The van der Waals surface area contributed by atoms with Gasteiger partial charge >= 0.3 is 5.97 Å². The van der Waals surface area contributed by atoms with E-state index < -0.39 is 0 Å². The van der Waals surface area contributed by atoms with Crippen LogP contribution in [0.1, 0.15) is 24.8 Å². The molecule has 0 radical (unpaired) electrons. The number of benzene rings is 1. The zero-order chi connectivity index (χ0) is 16.4. The Morgan fingerprint density at radius 1 is 1.13 bits per heavy atom. The molecule has 5 nitrogen and oxygen atoms in total. The molecule has 5 heteroatoms. The van der Waals surface area contributed by atoms with Crippen molar-refractivity contribution in [1.82, 2.24) is 4.90 Å². The van der Waals surface area contributed by atoms with E-state index in [1.807, 2.05) is 6.07 Å². The number of esters is 1. The number of hydrogen-bond donors (Lipinski definition) is 0. The molecule has 1 aromatic carbocycles. The van der Waals surface area contributed by atoms with Crippen molar-refractivity contribution in [3.05, 3.63) is 23.8 Å². The number of ether oxygens (including phenoxy) is 3. The quantitative estimate of drug-likeness (QED) is 0.780. The first-order valence-corrected chi connectivity index (χ1v) is 8.12. The Morgan fingerprint density at radius 3 is 2.26 bits per heavy atom. The van der Waals surface area contributed by atoms with Crippen LogP contribution in [0.25, 0.3) is 0 Å². The number of nitrogens with zero attached hydrogens (tertiary/aromatic N) is 1. The van der Waals surface area contributed by atoms with Crippen LogP contribution in [0.2, 0.25) is 0 Å². The highest BCUT2D eigenvalue weighted by Gasteiger charge is 2.59. The first-order valence-electron chi connectivity index (χ1n) is 8.12. The van der Waals surface area contributed by atoms with Crippen LogP contribution in [0.4, 0.5) is 0 Å². The van der Waals surface area contributed by atoms with Gasteiger partial charge in [-0.25, -0.2) is 0 Å². The summed E-state index contributed by atoms with van der Waals surface area (Å²) in [6.07, 6.45) is 3.15. The normalized spacial score (nSPS) is 22.7. The van der Waals surface area contributed by atoms with E-state index >= 15 is 0 Å². The maximum atomic E-state index is 11.7. The second-order valence-electron chi connectivity index (χ2n) is 6.64. The first kappa shape index (κ1) is 16.1. The summed E-state index contributed by atoms with van der Waals surface area (Å²) in [6, 6.07) is 6.00. The van der Waals surface area contributed by atoms with E-state index in [0.29, 0.717) is 0 Å². The molecule has 1 unspecified atom stereocenters. The smallest absolute Gasteiger partial charge is 0.309 e. The summed E-state index contributed by atoms with van der Waals surface area (Å²) in [6.45, 7) is 2.92. The predicted octanol–water partition coefficient (Wildman–Crippen LogP) is 2.48. The molecule has 126 valence electrons. The third kappa shape index (κ3) is 3.29. The fraction of sp³-hybridized carbons (Fsp3) is 0.611. The van der Waals surface area contributed by atoms with E-state index in [1.54, 1.807) is 14.2 Å². The lowest BCUT2D eigenvalue weighted by atomic mass is 9.90. The van der Waals surface area contributed by atoms with E-state index in [-0.39, 0.29) is 17.3 Å². The molecular formula is C18H25NO4. The number of likely N-dealkylation sites (tertiary alicyclic amines) is 1. The largest absolute Gasteiger partial charge is 0.497 e. The number of carbonyl (C=O) groups is 1. The first-order chi connectivity index (χ1) is 11.1. The van der Waals surface area contributed by atoms with Crippen molar-refractivity contribution in [2.75, 3.05) is 34.4 Å². The lowest BCUT2D eigenvalue weighted by Crippen LogP contribution is -2.35. The Labute approximate surface area is 137 Å². The Morgan fingerprint density at radius 2 is 1.74 bits per heavy atom. The molecule has 1 saturated heterocycles. The molecule has 1 saturated carbocycles. The van der Waals surface area contributed by atoms with E-state index in [2.05, 4.69) is 17.0 Å². The fourth-order valence-corrected chi connectivity index (χ4v) is 3.75. The van der Waals surface area contributed by atoms with Crippen LogP contribution < -0.4 is 9.47 Å². The van der Waals surface area contributed by atoms with Gasteiger partial charge in [0.15, 0.2) is 0 Å². The van der Waals surface area contributed by atoms with Crippen LogP contribution in [0.5, 0.6) is 11.5 Å². The Hall–Kier alpha value is -1.75. The van der Waals surface area contributed by atoms with Gasteiger partial charge in [0.2, 0.25) is 0 Å². The average molecular weight is 319 g/mol. The van der Waals surface area contributed by atoms with Gasteiger partial charge in [-0.15, -0.1) is 0 Å². The molecule has 23 heavy (non-hydrogen) atoms. The topological polar surface area (TPSA) is 48.0 Å². The number of carbonyl (C=O) groups excluding carboxylic acids is 1. The van der Waals surface area contributed by atoms with Crippen LogP contribution in [-0.2, 0) is 16.1 Å². The van der Waals surface area contributed by atoms with Crippen molar-refractivity contribution in [3.8, 4) is 11.5 Å². The lowest BCUT2D eigenvalue weighted by Gasteiger charge is -2.32. The molecule has 0 bridgehead atoms.